The summed E-state index contributed by atoms with van der Waals surface area (Å²) in [5.41, 5.74) is 0. The molecule has 0 aliphatic heterocycles. The van der Waals surface area contributed by atoms with E-state index in [9.17, 15) is 8.42 Å². The zero-order valence-electron chi connectivity index (χ0n) is 8.82. The van der Waals surface area contributed by atoms with Crippen LogP contribution in [0.1, 0.15) is 13.3 Å². The third-order valence-corrected chi connectivity index (χ3v) is 3.30. The average molecular weight is 229 g/mol. The van der Waals surface area contributed by atoms with E-state index in [1.807, 2.05) is 6.92 Å². The van der Waals surface area contributed by atoms with Gasteiger partial charge in [0.05, 0.1) is 4.90 Å². The van der Waals surface area contributed by atoms with Crippen molar-refractivity contribution in [2.24, 2.45) is 0 Å². The molecule has 0 radical (unpaired) electrons. The standard InChI is InChI=1S/C9H15N3O2S/c1-3-5-12-15(13,14)8-4-6-11-9(7-8)10-2/h4,6-7,12H,3,5H2,1-2H3,(H,10,11). The first-order valence-corrected chi connectivity index (χ1v) is 6.22. The molecule has 0 aliphatic carbocycles. The number of nitrogens with zero attached hydrogens (tertiary/aromatic N) is 1. The predicted molar refractivity (Wildman–Crippen MR) is 59.3 cm³/mol. The highest BCUT2D eigenvalue weighted by Gasteiger charge is 2.13. The van der Waals surface area contributed by atoms with E-state index in [0.29, 0.717) is 12.4 Å². The van der Waals surface area contributed by atoms with Crippen molar-refractivity contribution in [3.8, 4) is 0 Å². The second kappa shape index (κ2) is 5.09. The minimum absolute atomic E-state index is 0.232. The summed E-state index contributed by atoms with van der Waals surface area (Å²) in [6.45, 7) is 2.35. The second-order valence-electron chi connectivity index (χ2n) is 3.02. The minimum atomic E-state index is -3.39. The fraction of sp³-hybridized carbons (Fsp3) is 0.444. The molecule has 0 spiro atoms. The van der Waals surface area contributed by atoms with E-state index in [1.54, 1.807) is 7.05 Å². The fourth-order valence-electron chi connectivity index (χ4n) is 1.03. The van der Waals surface area contributed by atoms with Crippen molar-refractivity contribution in [2.75, 3.05) is 18.9 Å². The van der Waals surface area contributed by atoms with Crippen LogP contribution in [0.2, 0.25) is 0 Å². The van der Waals surface area contributed by atoms with Crippen molar-refractivity contribution in [3.05, 3.63) is 18.3 Å². The normalized spacial score (nSPS) is 11.3. The Morgan fingerprint density at radius 1 is 1.47 bits per heavy atom. The summed E-state index contributed by atoms with van der Waals surface area (Å²) in [6, 6.07) is 2.97. The third-order valence-electron chi connectivity index (χ3n) is 1.84. The zero-order valence-corrected chi connectivity index (χ0v) is 9.63. The van der Waals surface area contributed by atoms with Crippen LogP contribution in [0, 0.1) is 0 Å². The summed E-state index contributed by atoms with van der Waals surface area (Å²) in [6.07, 6.45) is 2.23. The number of sulfonamides is 1. The molecular formula is C9H15N3O2S. The molecule has 0 aromatic carbocycles. The van der Waals surface area contributed by atoms with Crippen LogP contribution >= 0.6 is 0 Å². The fourth-order valence-corrected chi connectivity index (χ4v) is 2.18. The number of aromatic nitrogens is 1. The lowest BCUT2D eigenvalue weighted by Crippen LogP contribution is -2.24. The van der Waals surface area contributed by atoms with Crippen LogP contribution in [0.5, 0.6) is 0 Å². The molecular weight excluding hydrogens is 214 g/mol. The Bertz CT molecular complexity index is 417. The van der Waals surface area contributed by atoms with Gasteiger partial charge >= 0.3 is 0 Å². The highest BCUT2D eigenvalue weighted by Crippen LogP contribution is 2.11. The van der Waals surface area contributed by atoms with Gasteiger partial charge in [0.25, 0.3) is 0 Å². The molecule has 84 valence electrons. The molecule has 6 heteroatoms. The molecule has 0 fully saturated rings. The number of pyridine rings is 1. The van der Waals surface area contributed by atoms with Crippen molar-refractivity contribution in [1.82, 2.24) is 9.71 Å². The quantitative estimate of drug-likeness (QED) is 0.784. The third kappa shape index (κ3) is 3.17. The molecule has 0 aliphatic rings. The van der Waals surface area contributed by atoms with E-state index < -0.39 is 10.0 Å². The van der Waals surface area contributed by atoms with Gasteiger partial charge in [-0.25, -0.2) is 18.1 Å². The first-order chi connectivity index (χ1) is 7.10. The van der Waals surface area contributed by atoms with E-state index in [1.165, 1.54) is 18.3 Å². The molecule has 2 N–H and O–H groups in total. The predicted octanol–water partition coefficient (Wildman–Crippen LogP) is 0.812. The molecule has 5 nitrogen and oxygen atoms in total. The molecule has 0 saturated carbocycles. The largest absolute Gasteiger partial charge is 0.373 e. The first-order valence-electron chi connectivity index (χ1n) is 4.73. The van der Waals surface area contributed by atoms with Gasteiger partial charge in [0.2, 0.25) is 10.0 Å². The van der Waals surface area contributed by atoms with Gasteiger partial charge in [0.1, 0.15) is 5.82 Å². The van der Waals surface area contributed by atoms with Gasteiger partial charge in [-0.2, -0.15) is 0 Å². The molecule has 1 aromatic rings. The number of hydrogen-bond donors (Lipinski definition) is 2. The van der Waals surface area contributed by atoms with E-state index in [4.69, 9.17) is 0 Å². The average Bonchev–Trinajstić information content (AvgIpc) is 2.26. The molecule has 0 bridgehead atoms. The van der Waals surface area contributed by atoms with Crippen molar-refractivity contribution in [2.45, 2.75) is 18.2 Å². The smallest absolute Gasteiger partial charge is 0.240 e. The lowest BCUT2D eigenvalue weighted by Gasteiger charge is -2.06. The monoisotopic (exact) mass is 229 g/mol. The topological polar surface area (TPSA) is 71.1 Å². The van der Waals surface area contributed by atoms with Crippen LogP contribution < -0.4 is 10.0 Å². The van der Waals surface area contributed by atoms with Gasteiger partial charge in [-0.05, 0) is 12.5 Å². The van der Waals surface area contributed by atoms with E-state index in [0.717, 1.165) is 6.42 Å². The van der Waals surface area contributed by atoms with Gasteiger partial charge in [-0.3, -0.25) is 0 Å². The van der Waals surface area contributed by atoms with E-state index in [-0.39, 0.29) is 4.90 Å². The maximum absolute atomic E-state index is 11.7. The molecule has 1 aromatic heterocycles. The lowest BCUT2D eigenvalue weighted by atomic mass is 10.5. The number of hydrogen-bond acceptors (Lipinski definition) is 4. The maximum atomic E-state index is 11.7. The summed E-state index contributed by atoms with van der Waals surface area (Å²) >= 11 is 0. The number of rotatable bonds is 5. The maximum Gasteiger partial charge on any atom is 0.240 e. The first kappa shape index (κ1) is 11.9. The van der Waals surface area contributed by atoms with Crippen molar-refractivity contribution >= 4 is 15.8 Å². The van der Waals surface area contributed by atoms with Gasteiger partial charge in [0, 0.05) is 25.9 Å². The lowest BCUT2D eigenvalue weighted by molar-refractivity contribution is 0.580. The van der Waals surface area contributed by atoms with Crippen molar-refractivity contribution in [1.29, 1.82) is 0 Å². The van der Waals surface area contributed by atoms with Crippen LogP contribution in [-0.4, -0.2) is 27.0 Å². The van der Waals surface area contributed by atoms with Crippen LogP contribution in [0.3, 0.4) is 0 Å². The Labute approximate surface area is 90.0 Å². The Morgan fingerprint density at radius 2 is 2.20 bits per heavy atom. The SMILES string of the molecule is CCCNS(=O)(=O)c1ccnc(NC)c1. The van der Waals surface area contributed by atoms with Crippen LogP contribution in [-0.2, 0) is 10.0 Å². The summed E-state index contributed by atoms with van der Waals surface area (Å²) < 4.78 is 25.9. The molecule has 1 heterocycles. The Morgan fingerprint density at radius 3 is 2.80 bits per heavy atom. The molecule has 0 unspecified atom stereocenters. The minimum Gasteiger partial charge on any atom is -0.373 e. The van der Waals surface area contributed by atoms with E-state index >= 15 is 0 Å². The highest BCUT2D eigenvalue weighted by atomic mass is 32.2. The Kier molecular flexibility index (Phi) is 4.05. The number of anilines is 1. The van der Waals surface area contributed by atoms with Crippen molar-refractivity contribution < 1.29 is 8.42 Å². The molecule has 0 atom stereocenters. The highest BCUT2D eigenvalue weighted by molar-refractivity contribution is 7.89. The van der Waals surface area contributed by atoms with Crippen molar-refractivity contribution in [3.63, 3.8) is 0 Å². The Hall–Kier alpha value is -1.14. The number of nitrogens with one attached hydrogen (secondary N) is 2. The van der Waals surface area contributed by atoms with Crippen LogP contribution in [0.25, 0.3) is 0 Å². The summed E-state index contributed by atoms with van der Waals surface area (Å²) in [7, 11) is -1.69. The van der Waals surface area contributed by atoms with Gasteiger partial charge < -0.3 is 5.32 Å². The zero-order chi connectivity index (χ0) is 11.3. The second-order valence-corrected chi connectivity index (χ2v) is 4.79. The summed E-state index contributed by atoms with van der Waals surface area (Å²) in [5, 5.41) is 2.79. The summed E-state index contributed by atoms with van der Waals surface area (Å²) in [4.78, 5) is 4.18. The van der Waals surface area contributed by atoms with Gasteiger partial charge in [0.15, 0.2) is 0 Å². The van der Waals surface area contributed by atoms with Gasteiger partial charge in [-0.15, -0.1) is 0 Å². The molecule has 1 rings (SSSR count). The van der Waals surface area contributed by atoms with Crippen LogP contribution in [0.4, 0.5) is 5.82 Å². The summed E-state index contributed by atoms with van der Waals surface area (Å²) in [5.74, 6) is 0.536. The van der Waals surface area contributed by atoms with E-state index in [2.05, 4.69) is 15.0 Å². The molecule has 15 heavy (non-hydrogen) atoms. The van der Waals surface area contributed by atoms with Gasteiger partial charge in [-0.1, -0.05) is 6.92 Å². The Balaban J connectivity index is 2.94. The molecule has 0 saturated heterocycles. The molecule has 0 amide bonds. The van der Waals surface area contributed by atoms with Crippen LogP contribution in [0.15, 0.2) is 23.2 Å².